The SMILES string of the molecule is CC(=O)Oc1ccncc2cncc1-2. The lowest BCUT2D eigenvalue weighted by Crippen LogP contribution is -2.01. The van der Waals surface area contributed by atoms with Gasteiger partial charge in [0.1, 0.15) is 5.75 Å². The molecule has 0 saturated carbocycles. The van der Waals surface area contributed by atoms with E-state index < -0.39 is 0 Å². The van der Waals surface area contributed by atoms with E-state index in [1.807, 2.05) is 0 Å². The van der Waals surface area contributed by atoms with Gasteiger partial charge in [-0.3, -0.25) is 14.8 Å². The highest BCUT2D eigenvalue weighted by Gasteiger charge is 2.09. The molecule has 0 atom stereocenters. The van der Waals surface area contributed by atoms with Crippen LogP contribution in [0.5, 0.6) is 5.75 Å². The third kappa shape index (κ3) is 1.54. The van der Waals surface area contributed by atoms with Crippen molar-refractivity contribution >= 4 is 5.97 Å². The van der Waals surface area contributed by atoms with Crippen molar-refractivity contribution in [3.05, 3.63) is 30.9 Å². The van der Waals surface area contributed by atoms with Crippen LogP contribution < -0.4 is 4.74 Å². The van der Waals surface area contributed by atoms with Gasteiger partial charge in [-0.05, 0) is 6.07 Å². The minimum atomic E-state index is -0.348. The van der Waals surface area contributed by atoms with Gasteiger partial charge >= 0.3 is 5.97 Å². The molecule has 0 radical (unpaired) electrons. The van der Waals surface area contributed by atoms with E-state index in [4.69, 9.17) is 4.74 Å². The van der Waals surface area contributed by atoms with Gasteiger partial charge in [-0.1, -0.05) is 0 Å². The summed E-state index contributed by atoms with van der Waals surface area (Å²) < 4.78 is 5.03. The van der Waals surface area contributed by atoms with Crippen molar-refractivity contribution in [1.29, 1.82) is 0 Å². The molecule has 0 aromatic heterocycles. The van der Waals surface area contributed by atoms with Crippen molar-refractivity contribution in [2.75, 3.05) is 0 Å². The van der Waals surface area contributed by atoms with Crippen LogP contribution >= 0.6 is 0 Å². The first-order valence-electron chi connectivity index (χ1n) is 4.13. The Morgan fingerprint density at radius 1 is 1.29 bits per heavy atom. The molecule has 0 aromatic carbocycles. The molecule has 2 aliphatic rings. The molecule has 4 nitrogen and oxygen atoms in total. The summed E-state index contributed by atoms with van der Waals surface area (Å²) >= 11 is 0. The van der Waals surface area contributed by atoms with Crippen LogP contribution in [0.25, 0.3) is 11.1 Å². The van der Waals surface area contributed by atoms with E-state index in [2.05, 4.69) is 9.97 Å². The van der Waals surface area contributed by atoms with E-state index in [-0.39, 0.29) is 5.97 Å². The summed E-state index contributed by atoms with van der Waals surface area (Å²) in [4.78, 5) is 18.8. The summed E-state index contributed by atoms with van der Waals surface area (Å²) in [5.74, 6) is 0.140. The van der Waals surface area contributed by atoms with E-state index in [1.54, 1.807) is 30.9 Å². The maximum absolute atomic E-state index is 10.8. The Hall–Kier alpha value is -1.97. The Morgan fingerprint density at radius 3 is 2.86 bits per heavy atom. The number of fused-ring (bicyclic) bond motifs is 1. The predicted octanol–water partition coefficient (Wildman–Crippen LogP) is 1.51. The van der Waals surface area contributed by atoms with E-state index >= 15 is 0 Å². The van der Waals surface area contributed by atoms with Crippen LogP contribution in [0.4, 0.5) is 0 Å². The minimum absolute atomic E-state index is 0.348. The van der Waals surface area contributed by atoms with Crippen LogP contribution in [-0.2, 0) is 4.79 Å². The maximum atomic E-state index is 10.8. The van der Waals surface area contributed by atoms with Crippen LogP contribution in [0.15, 0.2) is 30.9 Å². The summed E-state index contributed by atoms with van der Waals surface area (Å²) in [7, 11) is 0. The zero-order chi connectivity index (χ0) is 9.97. The Kier molecular flexibility index (Phi) is 2.10. The van der Waals surface area contributed by atoms with Gasteiger partial charge in [-0.25, -0.2) is 0 Å². The fourth-order valence-corrected chi connectivity index (χ4v) is 1.21. The van der Waals surface area contributed by atoms with E-state index in [9.17, 15) is 4.79 Å². The van der Waals surface area contributed by atoms with E-state index in [0.29, 0.717) is 5.75 Å². The smallest absolute Gasteiger partial charge is 0.308 e. The van der Waals surface area contributed by atoms with Crippen molar-refractivity contribution in [3.8, 4) is 16.9 Å². The summed E-state index contributed by atoms with van der Waals surface area (Å²) in [6, 6.07) is 1.64. The van der Waals surface area contributed by atoms with Crippen LogP contribution in [0.3, 0.4) is 0 Å². The van der Waals surface area contributed by atoms with Gasteiger partial charge in [0.15, 0.2) is 0 Å². The van der Waals surface area contributed by atoms with Gasteiger partial charge in [-0.15, -0.1) is 0 Å². The lowest BCUT2D eigenvalue weighted by Gasteiger charge is -2.00. The topological polar surface area (TPSA) is 52.1 Å². The molecule has 2 rings (SSSR count). The molecule has 0 bridgehead atoms. The Balaban J connectivity index is 2.52. The third-order valence-electron chi connectivity index (χ3n) is 1.77. The fraction of sp³-hybridized carbons (Fsp3) is 0.100. The van der Waals surface area contributed by atoms with Crippen LogP contribution in [0, 0.1) is 0 Å². The summed E-state index contributed by atoms with van der Waals surface area (Å²) in [5.41, 5.74) is 1.64. The highest BCUT2D eigenvalue weighted by molar-refractivity contribution is 5.76. The molecule has 2 aliphatic heterocycles. The molecule has 0 amide bonds. The second-order valence-corrected chi connectivity index (χ2v) is 2.83. The van der Waals surface area contributed by atoms with Crippen molar-refractivity contribution in [2.45, 2.75) is 6.92 Å². The van der Waals surface area contributed by atoms with Crippen LogP contribution in [-0.4, -0.2) is 15.9 Å². The monoisotopic (exact) mass is 188 g/mol. The molecule has 0 spiro atoms. The van der Waals surface area contributed by atoms with Crippen molar-refractivity contribution in [1.82, 2.24) is 9.97 Å². The molecule has 2 heterocycles. The lowest BCUT2D eigenvalue weighted by atomic mass is 10.2. The number of rotatable bonds is 1. The summed E-state index contributed by atoms with van der Waals surface area (Å²) in [6.45, 7) is 1.36. The maximum Gasteiger partial charge on any atom is 0.308 e. The summed E-state index contributed by atoms with van der Waals surface area (Å²) in [5, 5.41) is 0. The average Bonchev–Trinajstić information content (AvgIpc) is 2.51. The van der Waals surface area contributed by atoms with Crippen LogP contribution in [0.2, 0.25) is 0 Å². The van der Waals surface area contributed by atoms with Crippen molar-refractivity contribution in [3.63, 3.8) is 0 Å². The van der Waals surface area contributed by atoms with Crippen molar-refractivity contribution < 1.29 is 9.53 Å². The predicted molar refractivity (Wildman–Crippen MR) is 50.0 cm³/mol. The number of hydrogen-bond donors (Lipinski definition) is 0. The normalized spacial score (nSPS) is 10.1. The number of nitrogens with zero attached hydrogens (tertiary/aromatic N) is 2. The van der Waals surface area contributed by atoms with Gasteiger partial charge in [0.25, 0.3) is 0 Å². The average molecular weight is 188 g/mol. The number of hydrogen-bond acceptors (Lipinski definition) is 4. The molecule has 4 heteroatoms. The van der Waals surface area contributed by atoms with Gasteiger partial charge in [0.2, 0.25) is 0 Å². The first-order valence-corrected chi connectivity index (χ1v) is 4.13. The molecular formula is C10H8N2O2. The first kappa shape index (κ1) is 8.62. The molecule has 0 saturated heterocycles. The molecule has 0 unspecified atom stereocenters. The number of carbonyl (C=O) groups is 1. The molecule has 14 heavy (non-hydrogen) atoms. The minimum Gasteiger partial charge on any atom is -0.426 e. The Labute approximate surface area is 80.9 Å². The van der Waals surface area contributed by atoms with Crippen LogP contribution in [0.1, 0.15) is 6.92 Å². The highest BCUT2D eigenvalue weighted by Crippen LogP contribution is 2.29. The lowest BCUT2D eigenvalue weighted by molar-refractivity contribution is -0.131. The summed E-state index contributed by atoms with van der Waals surface area (Å²) in [6.07, 6.45) is 6.58. The number of ether oxygens (including phenoxy) is 1. The second-order valence-electron chi connectivity index (χ2n) is 2.83. The Morgan fingerprint density at radius 2 is 2.07 bits per heavy atom. The van der Waals surface area contributed by atoms with Gasteiger partial charge in [-0.2, -0.15) is 0 Å². The fourth-order valence-electron chi connectivity index (χ4n) is 1.21. The standard InChI is InChI=1S/C10H8N2O2/c1-7(13)14-10-2-3-11-4-8-5-12-6-9(8)10/h2-6H,1H3. The zero-order valence-corrected chi connectivity index (χ0v) is 7.60. The van der Waals surface area contributed by atoms with Gasteiger partial charge < -0.3 is 4.74 Å². The zero-order valence-electron chi connectivity index (χ0n) is 7.60. The molecule has 0 aromatic rings. The molecule has 0 aliphatic carbocycles. The van der Waals surface area contributed by atoms with E-state index in [0.717, 1.165) is 11.1 Å². The van der Waals surface area contributed by atoms with Gasteiger partial charge in [0, 0.05) is 42.8 Å². The first-order chi connectivity index (χ1) is 6.77. The quantitative estimate of drug-likeness (QED) is 0.636. The molecular weight excluding hydrogens is 180 g/mol. The number of esters is 1. The molecule has 70 valence electrons. The largest absolute Gasteiger partial charge is 0.426 e. The molecule has 0 N–H and O–H groups in total. The molecule has 0 fully saturated rings. The third-order valence-corrected chi connectivity index (χ3v) is 1.77. The number of carbonyl (C=O) groups excluding carboxylic acids is 1. The Bertz CT molecular complexity index is 442. The highest BCUT2D eigenvalue weighted by atomic mass is 16.5. The van der Waals surface area contributed by atoms with Crippen molar-refractivity contribution in [2.24, 2.45) is 0 Å². The van der Waals surface area contributed by atoms with Gasteiger partial charge in [0.05, 0.1) is 0 Å². The van der Waals surface area contributed by atoms with E-state index in [1.165, 1.54) is 6.92 Å². The number of aromatic nitrogens is 2. The second kappa shape index (κ2) is 3.41.